The number of carbonyl (C=O) groups is 1. The quantitative estimate of drug-likeness (QED) is 0.0909. The summed E-state index contributed by atoms with van der Waals surface area (Å²) in [5.41, 5.74) is 2.61. The van der Waals surface area contributed by atoms with E-state index >= 15 is 0 Å². The monoisotopic (exact) mass is 496 g/mol. The molecule has 4 heteroatoms. The number of quaternary nitrogens is 1. The van der Waals surface area contributed by atoms with Crippen molar-refractivity contribution in [1.29, 1.82) is 0 Å². The van der Waals surface area contributed by atoms with Crippen LogP contribution in [0.2, 0.25) is 0 Å². The molecule has 0 heterocycles. The van der Waals surface area contributed by atoms with Crippen LogP contribution >= 0.6 is 0 Å². The van der Waals surface area contributed by atoms with Crippen LogP contribution in [0.15, 0.2) is 54.6 Å². The molecule has 2 unspecified atom stereocenters. The Balaban J connectivity index is 1.80. The van der Waals surface area contributed by atoms with E-state index in [0.717, 1.165) is 36.2 Å². The average molecular weight is 497 g/mol. The summed E-state index contributed by atoms with van der Waals surface area (Å²) in [5.74, 6) is 0.427. The normalized spacial score (nSPS) is 13.2. The highest BCUT2D eigenvalue weighted by Crippen LogP contribution is 2.20. The smallest absolute Gasteiger partial charge is 0.317 e. The molecular formula is C32H50NO3+. The third-order valence-electron chi connectivity index (χ3n) is 6.84. The number of ether oxygens (including phenoxy) is 2. The minimum absolute atomic E-state index is 0.161. The van der Waals surface area contributed by atoms with Crippen molar-refractivity contribution in [3.05, 3.63) is 65.7 Å². The lowest BCUT2D eigenvalue weighted by atomic mass is 10.0. The Morgan fingerprint density at radius 1 is 0.778 bits per heavy atom. The number of hydrogen-bond donors (Lipinski definition) is 0. The van der Waals surface area contributed by atoms with Gasteiger partial charge in [0.25, 0.3) is 0 Å². The van der Waals surface area contributed by atoms with Gasteiger partial charge in [0.05, 0.1) is 20.6 Å². The maximum atomic E-state index is 13.0. The molecule has 200 valence electrons. The van der Waals surface area contributed by atoms with Crippen molar-refractivity contribution in [1.82, 2.24) is 0 Å². The molecule has 0 N–H and O–H groups in total. The molecule has 0 aliphatic rings. The molecule has 36 heavy (non-hydrogen) atoms. The molecule has 0 radical (unpaired) electrons. The largest absolute Gasteiger partial charge is 0.455 e. The van der Waals surface area contributed by atoms with Gasteiger partial charge in [-0.05, 0) is 37.0 Å². The molecule has 2 atom stereocenters. The van der Waals surface area contributed by atoms with Gasteiger partial charge < -0.3 is 14.0 Å². The SMILES string of the molecule is CCCCCCCCCc1ccc(OC(CC)OC(=O)C(CC)C[N+](C)(C)Cc2ccccc2)cc1. The molecule has 2 aromatic rings. The summed E-state index contributed by atoms with van der Waals surface area (Å²) < 4.78 is 12.6. The molecule has 0 saturated carbocycles. The number of nitrogens with zero attached hydrogens (tertiary/aromatic N) is 1. The second-order valence-corrected chi connectivity index (χ2v) is 10.8. The fraction of sp³-hybridized carbons (Fsp3) is 0.594. The zero-order valence-corrected chi connectivity index (χ0v) is 23.5. The first-order chi connectivity index (χ1) is 17.4. The van der Waals surface area contributed by atoms with Crippen molar-refractivity contribution < 1.29 is 18.8 Å². The van der Waals surface area contributed by atoms with Gasteiger partial charge in [-0.3, -0.25) is 4.79 Å². The fourth-order valence-electron chi connectivity index (χ4n) is 4.70. The van der Waals surface area contributed by atoms with Gasteiger partial charge in [-0.25, -0.2) is 0 Å². The van der Waals surface area contributed by atoms with E-state index in [2.05, 4.69) is 64.3 Å². The van der Waals surface area contributed by atoms with Crippen LogP contribution in [0.4, 0.5) is 0 Å². The first-order valence-electron chi connectivity index (χ1n) is 14.2. The number of esters is 1. The van der Waals surface area contributed by atoms with Crippen molar-refractivity contribution in [3.63, 3.8) is 0 Å². The van der Waals surface area contributed by atoms with Crippen molar-refractivity contribution in [2.45, 2.75) is 97.8 Å². The number of rotatable bonds is 18. The Kier molecular flexibility index (Phi) is 13.6. The Labute approximate surface area is 220 Å². The van der Waals surface area contributed by atoms with Crippen molar-refractivity contribution in [3.8, 4) is 5.75 Å². The second kappa shape index (κ2) is 16.4. The fourth-order valence-corrected chi connectivity index (χ4v) is 4.70. The van der Waals surface area contributed by atoms with Gasteiger partial charge in [0, 0.05) is 12.0 Å². The van der Waals surface area contributed by atoms with Gasteiger partial charge >= 0.3 is 5.97 Å². The van der Waals surface area contributed by atoms with E-state index in [-0.39, 0.29) is 11.9 Å². The van der Waals surface area contributed by atoms with Gasteiger partial charge in [-0.15, -0.1) is 0 Å². The van der Waals surface area contributed by atoms with Gasteiger partial charge in [-0.1, -0.05) is 102 Å². The molecule has 0 spiro atoms. The van der Waals surface area contributed by atoms with E-state index in [0.29, 0.717) is 6.42 Å². The molecule has 2 rings (SSSR count). The van der Waals surface area contributed by atoms with Crippen LogP contribution in [0.5, 0.6) is 5.75 Å². The lowest BCUT2D eigenvalue weighted by molar-refractivity contribution is -0.906. The maximum absolute atomic E-state index is 13.0. The molecule has 0 saturated heterocycles. The van der Waals surface area contributed by atoms with Crippen LogP contribution in [0.3, 0.4) is 0 Å². The van der Waals surface area contributed by atoms with Crippen LogP contribution in [0, 0.1) is 5.92 Å². The van der Waals surface area contributed by atoms with Gasteiger partial charge in [0.2, 0.25) is 6.29 Å². The minimum atomic E-state index is -0.565. The summed E-state index contributed by atoms with van der Waals surface area (Å²) in [6, 6.07) is 18.7. The molecular weight excluding hydrogens is 446 g/mol. The molecule has 0 amide bonds. The summed E-state index contributed by atoms with van der Waals surface area (Å²) in [5, 5.41) is 0. The lowest BCUT2D eigenvalue weighted by Crippen LogP contribution is -2.45. The van der Waals surface area contributed by atoms with E-state index in [9.17, 15) is 4.79 Å². The van der Waals surface area contributed by atoms with Crippen molar-refractivity contribution in [2.75, 3.05) is 20.6 Å². The van der Waals surface area contributed by atoms with Crippen LogP contribution < -0.4 is 4.74 Å². The number of hydrogen-bond acceptors (Lipinski definition) is 3. The second-order valence-electron chi connectivity index (χ2n) is 10.8. The predicted octanol–water partition coefficient (Wildman–Crippen LogP) is 7.94. The van der Waals surface area contributed by atoms with E-state index < -0.39 is 6.29 Å². The first kappa shape index (κ1) is 29.9. The van der Waals surface area contributed by atoms with Crippen LogP contribution in [-0.4, -0.2) is 37.4 Å². The van der Waals surface area contributed by atoms with E-state index in [1.807, 2.05) is 25.1 Å². The molecule has 0 aliphatic heterocycles. The Bertz CT molecular complexity index is 847. The minimum Gasteiger partial charge on any atom is -0.455 e. The number of benzene rings is 2. The number of carbonyl (C=O) groups excluding carboxylic acids is 1. The molecule has 2 aromatic carbocycles. The summed E-state index contributed by atoms with van der Waals surface area (Å²) in [4.78, 5) is 13.0. The van der Waals surface area contributed by atoms with Gasteiger partial charge in [-0.2, -0.15) is 0 Å². The predicted molar refractivity (Wildman–Crippen MR) is 150 cm³/mol. The van der Waals surface area contributed by atoms with E-state index in [1.165, 1.54) is 56.1 Å². The molecule has 0 fully saturated rings. The highest BCUT2D eigenvalue weighted by molar-refractivity contribution is 5.72. The molecule has 4 nitrogen and oxygen atoms in total. The highest BCUT2D eigenvalue weighted by atomic mass is 16.7. The molecule has 0 aromatic heterocycles. The van der Waals surface area contributed by atoms with E-state index in [4.69, 9.17) is 9.47 Å². The standard InChI is InChI=1S/C32H50NO3/c1-6-9-10-11-12-13-15-18-27-21-23-30(24-22-27)35-31(8-3)36-32(34)29(7-2)26-33(4,5)25-28-19-16-14-17-20-28/h14,16-17,19-24,29,31H,6-13,15,18,25-26H2,1-5H3/q+1. The number of aryl methyl sites for hydroxylation is 1. The topological polar surface area (TPSA) is 35.5 Å². The van der Waals surface area contributed by atoms with Gasteiger partial charge in [0.15, 0.2) is 0 Å². The van der Waals surface area contributed by atoms with Crippen LogP contribution in [-0.2, 0) is 22.5 Å². The van der Waals surface area contributed by atoms with Gasteiger partial charge in [0.1, 0.15) is 18.2 Å². The third kappa shape index (κ3) is 11.6. The van der Waals surface area contributed by atoms with Crippen LogP contribution in [0.25, 0.3) is 0 Å². The Hall–Kier alpha value is -2.33. The highest BCUT2D eigenvalue weighted by Gasteiger charge is 2.29. The zero-order chi connectivity index (χ0) is 26.2. The molecule has 0 bridgehead atoms. The number of unbranched alkanes of at least 4 members (excludes halogenated alkanes) is 6. The van der Waals surface area contributed by atoms with Crippen LogP contribution in [0.1, 0.15) is 89.7 Å². The zero-order valence-electron chi connectivity index (χ0n) is 23.5. The Morgan fingerprint density at radius 2 is 1.42 bits per heavy atom. The maximum Gasteiger partial charge on any atom is 0.317 e. The Morgan fingerprint density at radius 3 is 2.03 bits per heavy atom. The average Bonchev–Trinajstić information content (AvgIpc) is 2.87. The summed E-state index contributed by atoms with van der Waals surface area (Å²) in [6.07, 6.45) is 11.2. The summed E-state index contributed by atoms with van der Waals surface area (Å²) in [6.45, 7) is 7.91. The van der Waals surface area contributed by atoms with Crippen molar-refractivity contribution in [2.24, 2.45) is 5.92 Å². The van der Waals surface area contributed by atoms with Crippen molar-refractivity contribution >= 4 is 5.97 Å². The lowest BCUT2D eigenvalue weighted by Gasteiger charge is -2.33. The first-order valence-corrected chi connectivity index (χ1v) is 14.2. The van der Waals surface area contributed by atoms with E-state index in [1.54, 1.807) is 0 Å². The third-order valence-corrected chi connectivity index (χ3v) is 6.84. The molecule has 0 aliphatic carbocycles. The summed E-state index contributed by atoms with van der Waals surface area (Å²) >= 11 is 0. The summed E-state index contributed by atoms with van der Waals surface area (Å²) in [7, 11) is 4.34.